The Hall–Kier alpha value is -3.15. The van der Waals surface area contributed by atoms with Crippen molar-refractivity contribution in [3.8, 4) is 11.4 Å². The molecule has 146 valence electrons. The Labute approximate surface area is 173 Å². The van der Waals surface area contributed by atoms with Crippen molar-refractivity contribution in [3.63, 3.8) is 0 Å². The number of amides is 1. The van der Waals surface area contributed by atoms with Gasteiger partial charge in [-0.15, -0.1) is 0 Å². The maximum absolute atomic E-state index is 12.9. The molecule has 1 unspecified atom stereocenters. The highest BCUT2D eigenvalue weighted by atomic mass is 35.5. The lowest BCUT2D eigenvalue weighted by Crippen LogP contribution is -2.30. The van der Waals surface area contributed by atoms with Crippen molar-refractivity contribution >= 4 is 23.0 Å². The predicted octanol–water partition coefficient (Wildman–Crippen LogP) is 4.16. The van der Waals surface area contributed by atoms with Crippen LogP contribution in [-0.2, 0) is 0 Å². The fourth-order valence-corrected chi connectivity index (χ4v) is 3.54. The molecule has 4 aromatic rings. The molecule has 2 N–H and O–H groups in total. The zero-order valence-corrected chi connectivity index (χ0v) is 16.4. The number of fused-ring (bicyclic) bond motifs is 1. The van der Waals surface area contributed by atoms with Gasteiger partial charge in [0.25, 0.3) is 5.91 Å². The van der Waals surface area contributed by atoms with Gasteiger partial charge in [0.2, 0.25) is 0 Å². The molecule has 2 heterocycles. The summed E-state index contributed by atoms with van der Waals surface area (Å²) in [6.45, 7) is 0.264. The summed E-state index contributed by atoms with van der Waals surface area (Å²) in [6, 6.07) is 22.6. The fourth-order valence-electron chi connectivity index (χ4n) is 3.35. The van der Waals surface area contributed by atoms with E-state index in [4.69, 9.17) is 11.6 Å². The monoisotopic (exact) mass is 405 g/mol. The van der Waals surface area contributed by atoms with E-state index in [-0.39, 0.29) is 18.4 Å². The molecule has 5 nitrogen and oxygen atoms in total. The number of carbonyl (C=O) groups is 1. The zero-order valence-electron chi connectivity index (χ0n) is 15.6. The number of aliphatic hydroxyl groups is 1. The molecule has 0 aliphatic carbocycles. The van der Waals surface area contributed by atoms with Crippen molar-refractivity contribution in [2.75, 3.05) is 13.2 Å². The van der Waals surface area contributed by atoms with Gasteiger partial charge in [0.05, 0.1) is 12.1 Å². The second-order valence-corrected chi connectivity index (χ2v) is 7.19. The Morgan fingerprint density at radius 3 is 2.62 bits per heavy atom. The largest absolute Gasteiger partial charge is 0.396 e. The standard InChI is InChI=1S/C23H20ClN3O2/c24-19-10-6-9-17(13-19)22-26-21(20-11-4-5-12-27(20)22)23(29)25-14-18(15-28)16-7-2-1-3-8-16/h1-13,18,28H,14-15H2,(H,25,29). The van der Waals surface area contributed by atoms with Gasteiger partial charge in [-0.05, 0) is 29.8 Å². The first-order valence-electron chi connectivity index (χ1n) is 9.34. The van der Waals surface area contributed by atoms with E-state index in [0.717, 1.165) is 11.1 Å². The second kappa shape index (κ2) is 8.47. The lowest BCUT2D eigenvalue weighted by atomic mass is 10.00. The minimum atomic E-state index is -0.281. The SMILES string of the molecule is O=C(NCC(CO)c1ccccc1)c1nc(-c2cccc(Cl)c2)n2ccccc12. The zero-order chi connectivity index (χ0) is 20.2. The highest BCUT2D eigenvalue weighted by Gasteiger charge is 2.20. The number of hydrogen-bond donors (Lipinski definition) is 2. The average Bonchev–Trinajstić information content (AvgIpc) is 3.15. The van der Waals surface area contributed by atoms with E-state index < -0.39 is 0 Å². The van der Waals surface area contributed by atoms with Crippen LogP contribution in [0.1, 0.15) is 22.0 Å². The highest BCUT2D eigenvalue weighted by molar-refractivity contribution is 6.30. The molecule has 0 bridgehead atoms. The number of aromatic nitrogens is 2. The Bertz CT molecular complexity index is 1140. The highest BCUT2D eigenvalue weighted by Crippen LogP contribution is 2.25. The molecule has 6 heteroatoms. The van der Waals surface area contributed by atoms with E-state index in [9.17, 15) is 9.90 Å². The Kier molecular flexibility index (Phi) is 5.60. The molecule has 0 aliphatic rings. The number of nitrogens with one attached hydrogen (secondary N) is 1. The molecule has 0 radical (unpaired) electrons. The van der Waals surface area contributed by atoms with Gasteiger partial charge in [0, 0.05) is 29.2 Å². The quantitative estimate of drug-likeness (QED) is 0.506. The molecule has 1 atom stereocenters. The van der Waals surface area contributed by atoms with Gasteiger partial charge in [0.1, 0.15) is 5.82 Å². The first kappa shape index (κ1) is 19.2. The van der Waals surface area contributed by atoms with Crippen LogP contribution in [0.3, 0.4) is 0 Å². The van der Waals surface area contributed by atoms with Crippen LogP contribution in [0.4, 0.5) is 0 Å². The van der Waals surface area contributed by atoms with Crippen molar-refractivity contribution < 1.29 is 9.90 Å². The maximum atomic E-state index is 12.9. The van der Waals surface area contributed by atoms with Crippen LogP contribution < -0.4 is 5.32 Å². The number of nitrogens with zero attached hydrogens (tertiary/aromatic N) is 2. The van der Waals surface area contributed by atoms with Crippen LogP contribution in [0.5, 0.6) is 0 Å². The van der Waals surface area contributed by atoms with Gasteiger partial charge in [-0.3, -0.25) is 9.20 Å². The molecule has 0 saturated heterocycles. The summed E-state index contributed by atoms with van der Waals surface area (Å²) in [7, 11) is 0. The van der Waals surface area contributed by atoms with Crippen molar-refractivity contribution in [2.24, 2.45) is 0 Å². The third-order valence-corrected chi connectivity index (χ3v) is 5.08. The van der Waals surface area contributed by atoms with Crippen LogP contribution in [0.2, 0.25) is 5.02 Å². The smallest absolute Gasteiger partial charge is 0.272 e. The number of benzene rings is 2. The first-order chi connectivity index (χ1) is 14.2. The van der Waals surface area contributed by atoms with Gasteiger partial charge < -0.3 is 10.4 Å². The van der Waals surface area contributed by atoms with Crippen LogP contribution in [-0.4, -0.2) is 33.6 Å². The van der Waals surface area contributed by atoms with E-state index in [0.29, 0.717) is 28.6 Å². The van der Waals surface area contributed by atoms with Gasteiger partial charge in [-0.1, -0.05) is 60.1 Å². The van der Waals surface area contributed by atoms with Gasteiger partial charge in [-0.25, -0.2) is 4.98 Å². The number of halogens is 1. The topological polar surface area (TPSA) is 66.6 Å². The molecular weight excluding hydrogens is 386 g/mol. The van der Waals surface area contributed by atoms with Gasteiger partial charge >= 0.3 is 0 Å². The summed E-state index contributed by atoms with van der Waals surface area (Å²) in [5, 5.41) is 13.3. The third-order valence-electron chi connectivity index (χ3n) is 4.85. The van der Waals surface area contributed by atoms with Crippen molar-refractivity contribution in [1.82, 2.24) is 14.7 Å². The maximum Gasteiger partial charge on any atom is 0.272 e. The average molecular weight is 406 g/mol. The Morgan fingerprint density at radius 1 is 1.07 bits per heavy atom. The summed E-state index contributed by atoms with van der Waals surface area (Å²) < 4.78 is 1.88. The Balaban J connectivity index is 1.63. The van der Waals surface area contributed by atoms with E-state index >= 15 is 0 Å². The molecule has 0 saturated carbocycles. The molecule has 4 rings (SSSR count). The van der Waals surface area contributed by atoms with Crippen molar-refractivity contribution in [2.45, 2.75) is 5.92 Å². The molecule has 0 aliphatic heterocycles. The van der Waals surface area contributed by atoms with E-state index in [1.54, 1.807) is 6.07 Å². The van der Waals surface area contributed by atoms with Gasteiger partial charge in [0.15, 0.2) is 5.69 Å². The fraction of sp³-hybridized carbons (Fsp3) is 0.130. The molecule has 0 fully saturated rings. The van der Waals surface area contributed by atoms with Crippen LogP contribution in [0, 0.1) is 0 Å². The molecule has 29 heavy (non-hydrogen) atoms. The molecule has 1 amide bonds. The van der Waals surface area contributed by atoms with Crippen LogP contribution in [0.25, 0.3) is 16.9 Å². The molecule has 2 aromatic heterocycles. The summed E-state index contributed by atoms with van der Waals surface area (Å²) in [5.74, 6) is 0.188. The lowest BCUT2D eigenvalue weighted by Gasteiger charge is -2.15. The van der Waals surface area contributed by atoms with E-state index in [1.807, 2.05) is 77.3 Å². The lowest BCUT2D eigenvalue weighted by molar-refractivity contribution is 0.0945. The first-order valence-corrected chi connectivity index (χ1v) is 9.72. The minimum Gasteiger partial charge on any atom is -0.396 e. The predicted molar refractivity (Wildman–Crippen MR) is 114 cm³/mol. The molecule has 0 spiro atoms. The summed E-state index contributed by atoms with van der Waals surface area (Å²) in [6.07, 6.45) is 1.87. The van der Waals surface area contributed by atoms with Crippen molar-refractivity contribution in [1.29, 1.82) is 0 Å². The minimum absolute atomic E-state index is 0.0536. The number of pyridine rings is 1. The van der Waals surface area contributed by atoms with E-state index in [1.165, 1.54) is 0 Å². The molecular formula is C23H20ClN3O2. The van der Waals surface area contributed by atoms with E-state index in [2.05, 4.69) is 10.3 Å². The number of hydrogen-bond acceptors (Lipinski definition) is 3. The third kappa shape index (κ3) is 4.01. The summed E-state index contributed by atoms with van der Waals surface area (Å²) in [5.41, 5.74) is 2.85. The second-order valence-electron chi connectivity index (χ2n) is 6.75. The number of aliphatic hydroxyl groups excluding tert-OH is 1. The van der Waals surface area contributed by atoms with Crippen molar-refractivity contribution in [3.05, 3.63) is 95.3 Å². The number of carbonyl (C=O) groups excluding carboxylic acids is 1. The molecule has 2 aromatic carbocycles. The Morgan fingerprint density at radius 2 is 1.86 bits per heavy atom. The van der Waals surface area contributed by atoms with Crippen LogP contribution >= 0.6 is 11.6 Å². The van der Waals surface area contributed by atoms with Gasteiger partial charge in [-0.2, -0.15) is 0 Å². The van der Waals surface area contributed by atoms with Crippen LogP contribution in [0.15, 0.2) is 79.0 Å². The normalized spacial score (nSPS) is 12.1. The summed E-state index contributed by atoms with van der Waals surface area (Å²) in [4.78, 5) is 17.5. The number of imidazole rings is 1. The summed E-state index contributed by atoms with van der Waals surface area (Å²) >= 11 is 6.13. The number of rotatable bonds is 6.